The summed E-state index contributed by atoms with van der Waals surface area (Å²) < 4.78 is 15.9. The van der Waals surface area contributed by atoms with Crippen LogP contribution in [0.1, 0.15) is 99.5 Å². The van der Waals surface area contributed by atoms with Crippen molar-refractivity contribution in [1.82, 2.24) is 0 Å². The van der Waals surface area contributed by atoms with Crippen LogP contribution in [-0.4, -0.2) is 17.9 Å². The molecular formula is C32H44O6. The molecule has 0 aromatic heterocycles. The Bertz CT molecular complexity index is 1100. The lowest BCUT2D eigenvalue weighted by atomic mass is 10.0. The second-order valence-electron chi connectivity index (χ2n) is 9.90. The van der Waals surface area contributed by atoms with Gasteiger partial charge in [0.15, 0.2) is 11.5 Å². The van der Waals surface area contributed by atoms with Gasteiger partial charge in [0.2, 0.25) is 0 Å². The number of benzene rings is 1. The lowest BCUT2D eigenvalue weighted by molar-refractivity contribution is -0.134. The summed E-state index contributed by atoms with van der Waals surface area (Å²) in [6, 6.07) is 2.99. The Labute approximate surface area is 228 Å². The highest BCUT2D eigenvalue weighted by atomic mass is 16.6. The van der Waals surface area contributed by atoms with Crippen LogP contribution in [0.3, 0.4) is 0 Å². The van der Waals surface area contributed by atoms with Crippen molar-refractivity contribution in [2.24, 2.45) is 0 Å². The lowest BCUT2D eigenvalue weighted by Crippen LogP contribution is -2.11. The molecule has 0 aliphatic rings. The van der Waals surface area contributed by atoms with Gasteiger partial charge >= 0.3 is 17.9 Å². The van der Waals surface area contributed by atoms with Crippen LogP contribution in [0, 0.1) is 0 Å². The first-order chi connectivity index (χ1) is 17.9. The molecule has 0 unspecified atom stereocenters. The fourth-order valence-corrected chi connectivity index (χ4v) is 3.79. The molecule has 0 spiro atoms. The molecule has 0 heterocycles. The number of hydrogen-bond donors (Lipinski definition) is 0. The zero-order valence-corrected chi connectivity index (χ0v) is 24.4. The van der Waals surface area contributed by atoms with Gasteiger partial charge < -0.3 is 14.2 Å². The maximum Gasteiger partial charge on any atom is 0.308 e. The van der Waals surface area contributed by atoms with E-state index in [1.54, 1.807) is 0 Å². The number of ether oxygens (including phenoxy) is 3. The molecule has 1 rings (SSSR count). The third kappa shape index (κ3) is 13.8. The van der Waals surface area contributed by atoms with E-state index in [2.05, 4.69) is 45.9 Å². The second-order valence-corrected chi connectivity index (χ2v) is 9.90. The predicted molar refractivity (Wildman–Crippen MR) is 152 cm³/mol. The van der Waals surface area contributed by atoms with Gasteiger partial charge in [0.1, 0.15) is 5.75 Å². The van der Waals surface area contributed by atoms with E-state index >= 15 is 0 Å². The van der Waals surface area contributed by atoms with E-state index in [9.17, 15) is 14.4 Å². The summed E-state index contributed by atoms with van der Waals surface area (Å²) in [5.41, 5.74) is 5.78. The molecule has 0 radical (unpaired) electrons. The van der Waals surface area contributed by atoms with Crippen molar-refractivity contribution in [2.75, 3.05) is 0 Å². The van der Waals surface area contributed by atoms with Gasteiger partial charge in [-0.15, -0.1) is 0 Å². The molecule has 0 fully saturated rings. The van der Waals surface area contributed by atoms with E-state index in [4.69, 9.17) is 14.2 Å². The molecule has 0 atom stereocenters. The van der Waals surface area contributed by atoms with Crippen LogP contribution in [-0.2, 0) is 20.8 Å². The summed E-state index contributed by atoms with van der Waals surface area (Å²) >= 11 is 0. The van der Waals surface area contributed by atoms with Gasteiger partial charge in [-0.05, 0) is 91.7 Å². The van der Waals surface area contributed by atoms with Crippen LogP contribution >= 0.6 is 0 Å². The SMILES string of the molecule is CC(=O)Oc1ccc(OC(C)=O)c(OC(C)=O)c1C/C=C(\C)CC/C=C(\C)CC/C=C(\C)CCC=C(C)C. The van der Waals surface area contributed by atoms with Crippen LogP contribution in [0.25, 0.3) is 0 Å². The Morgan fingerprint density at radius 2 is 1.00 bits per heavy atom. The summed E-state index contributed by atoms with van der Waals surface area (Å²) in [7, 11) is 0. The van der Waals surface area contributed by atoms with Gasteiger partial charge in [0.05, 0.1) is 0 Å². The van der Waals surface area contributed by atoms with Gasteiger partial charge in [-0.25, -0.2) is 0 Å². The largest absolute Gasteiger partial charge is 0.426 e. The highest BCUT2D eigenvalue weighted by Crippen LogP contribution is 2.39. The Morgan fingerprint density at radius 3 is 1.47 bits per heavy atom. The van der Waals surface area contributed by atoms with Gasteiger partial charge in [-0.3, -0.25) is 14.4 Å². The summed E-state index contributed by atoms with van der Waals surface area (Å²) in [5, 5.41) is 0. The van der Waals surface area contributed by atoms with Crippen molar-refractivity contribution < 1.29 is 28.6 Å². The molecule has 1 aromatic rings. The van der Waals surface area contributed by atoms with Crippen molar-refractivity contribution in [3.8, 4) is 17.2 Å². The number of carbonyl (C=O) groups is 3. The summed E-state index contributed by atoms with van der Waals surface area (Å²) in [5.74, 6) is -1.18. The Morgan fingerprint density at radius 1 is 0.579 bits per heavy atom. The first-order valence-electron chi connectivity index (χ1n) is 13.2. The van der Waals surface area contributed by atoms with Gasteiger partial charge in [0.25, 0.3) is 0 Å². The summed E-state index contributed by atoms with van der Waals surface area (Å²) in [6.07, 6.45) is 15.3. The molecule has 38 heavy (non-hydrogen) atoms. The topological polar surface area (TPSA) is 78.9 Å². The monoisotopic (exact) mass is 524 g/mol. The van der Waals surface area contributed by atoms with Gasteiger partial charge in [0, 0.05) is 26.3 Å². The first-order valence-corrected chi connectivity index (χ1v) is 13.2. The maximum atomic E-state index is 11.8. The van der Waals surface area contributed by atoms with E-state index in [1.165, 1.54) is 49.6 Å². The normalized spacial score (nSPS) is 12.2. The number of esters is 3. The highest BCUT2D eigenvalue weighted by molar-refractivity contribution is 5.76. The van der Waals surface area contributed by atoms with E-state index < -0.39 is 17.9 Å². The Hall–Kier alpha value is -3.41. The molecule has 6 heteroatoms. The van der Waals surface area contributed by atoms with E-state index in [-0.39, 0.29) is 17.2 Å². The van der Waals surface area contributed by atoms with E-state index in [0.29, 0.717) is 12.0 Å². The summed E-state index contributed by atoms with van der Waals surface area (Å²) in [4.78, 5) is 35.0. The van der Waals surface area contributed by atoms with Crippen molar-refractivity contribution in [3.63, 3.8) is 0 Å². The number of carbonyl (C=O) groups excluding carboxylic acids is 3. The average molecular weight is 525 g/mol. The van der Waals surface area contributed by atoms with Crippen molar-refractivity contribution in [1.29, 1.82) is 0 Å². The smallest absolute Gasteiger partial charge is 0.308 e. The third-order valence-corrected chi connectivity index (χ3v) is 5.74. The zero-order chi connectivity index (χ0) is 28.7. The van der Waals surface area contributed by atoms with Crippen LogP contribution < -0.4 is 14.2 Å². The molecule has 0 amide bonds. The molecule has 1 aromatic carbocycles. The van der Waals surface area contributed by atoms with Crippen molar-refractivity contribution in [3.05, 3.63) is 64.3 Å². The molecule has 0 N–H and O–H groups in total. The van der Waals surface area contributed by atoms with E-state index in [0.717, 1.165) is 44.1 Å². The minimum atomic E-state index is -0.570. The standard InChI is InChI=1S/C32H44O6/c1-22(2)12-9-13-23(3)14-10-15-24(4)16-11-17-25(5)18-19-29-30(36-26(6)33)20-21-31(37-27(7)34)32(29)38-28(8)35/h12,14,16,18,20-21H,9-11,13,15,17,19H2,1-8H3/b23-14+,24-16+,25-18+. The Kier molecular flexibility index (Phi) is 14.7. The molecule has 208 valence electrons. The zero-order valence-electron chi connectivity index (χ0n) is 24.4. The van der Waals surface area contributed by atoms with Crippen LogP contribution in [0.2, 0.25) is 0 Å². The fraction of sp³-hybridized carbons (Fsp3) is 0.469. The quantitative estimate of drug-likeness (QED) is 0.139. The highest BCUT2D eigenvalue weighted by Gasteiger charge is 2.20. The van der Waals surface area contributed by atoms with Crippen molar-refractivity contribution >= 4 is 17.9 Å². The molecular weight excluding hydrogens is 480 g/mol. The first kappa shape index (κ1) is 32.6. The minimum Gasteiger partial charge on any atom is -0.426 e. The van der Waals surface area contributed by atoms with E-state index in [1.807, 2.05) is 13.0 Å². The Balaban J connectivity index is 2.87. The molecule has 6 nitrogen and oxygen atoms in total. The van der Waals surface area contributed by atoms with Crippen LogP contribution in [0.15, 0.2) is 58.7 Å². The van der Waals surface area contributed by atoms with Crippen LogP contribution in [0.4, 0.5) is 0 Å². The second kappa shape index (κ2) is 17.2. The average Bonchev–Trinajstić information content (AvgIpc) is 2.79. The minimum absolute atomic E-state index is 0.0791. The predicted octanol–water partition coefficient (Wildman–Crippen LogP) is 8.15. The molecule has 0 saturated heterocycles. The molecule has 0 aliphatic heterocycles. The molecule has 0 aliphatic carbocycles. The number of allylic oxidation sites excluding steroid dienone is 8. The molecule has 0 bridgehead atoms. The van der Waals surface area contributed by atoms with Crippen LogP contribution in [0.5, 0.6) is 17.2 Å². The summed E-state index contributed by atoms with van der Waals surface area (Å²) in [6.45, 7) is 14.5. The fourth-order valence-electron chi connectivity index (χ4n) is 3.79. The third-order valence-electron chi connectivity index (χ3n) is 5.74. The van der Waals surface area contributed by atoms with Gasteiger partial charge in [-0.2, -0.15) is 0 Å². The van der Waals surface area contributed by atoms with Crippen molar-refractivity contribution in [2.45, 2.75) is 100 Å². The number of rotatable bonds is 14. The number of hydrogen-bond acceptors (Lipinski definition) is 6. The maximum absolute atomic E-state index is 11.8. The van der Waals surface area contributed by atoms with Gasteiger partial charge in [-0.1, -0.05) is 46.6 Å². The lowest BCUT2D eigenvalue weighted by Gasteiger charge is -2.16. The molecule has 0 saturated carbocycles.